The molecule has 0 aromatic rings. The van der Waals surface area contributed by atoms with Gasteiger partial charge in [0.05, 0.1) is 25.9 Å². The topological polar surface area (TPSA) is 169 Å². The number of hydrogen-bond donors (Lipinski definition) is 4. The number of rotatable bonds is 39. The summed E-state index contributed by atoms with van der Waals surface area (Å²) in [5, 5.41) is 27.9. The Balaban J connectivity index is 4.44. The maximum atomic E-state index is 12.6. The van der Waals surface area contributed by atoms with Gasteiger partial charge < -0.3 is 29.7 Å². The van der Waals surface area contributed by atoms with E-state index in [9.17, 15) is 29.3 Å². The molecule has 0 aliphatic carbocycles. The fourth-order valence-corrected chi connectivity index (χ4v) is 6.10. The Bertz CT molecular complexity index is 1130. The number of aliphatic hydroxyl groups excluding tert-OH is 3. The molecule has 0 saturated heterocycles. The fourth-order valence-electron chi connectivity index (χ4n) is 5.31. The van der Waals surface area contributed by atoms with Gasteiger partial charge in [0.25, 0.3) is 0 Å². The fraction of sp³-hybridized carbons (Fsp3) is 0.727. The lowest BCUT2D eigenvalue weighted by molar-refractivity contribution is -0.161. The first-order valence-electron chi connectivity index (χ1n) is 21.3. The summed E-state index contributed by atoms with van der Waals surface area (Å²) < 4.78 is 32.6. The second-order valence-corrected chi connectivity index (χ2v) is 15.6. The minimum absolute atomic E-state index is 0.0912. The van der Waals surface area contributed by atoms with E-state index in [1.165, 1.54) is 38.5 Å². The maximum Gasteiger partial charge on any atom is 0.472 e. The molecule has 0 aliphatic rings. The summed E-state index contributed by atoms with van der Waals surface area (Å²) in [4.78, 5) is 34.9. The predicted molar refractivity (Wildman–Crippen MR) is 225 cm³/mol. The second kappa shape index (κ2) is 39.5. The molecule has 0 spiro atoms. The average molecular weight is 813 g/mol. The lowest BCUT2D eigenvalue weighted by Gasteiger charge is -2.20. The van der Waals surface area contributed by atoms with Crippen LogP contribution in [0.5, 0.6) is 0 Å². The lowest BCUT2D eigenvalue weighted by atomic mass is 10.1. The number of hydrogen-bond acceptors (Lipinski definition) is 10. The van der Waals surface area contributed by atoms with Crippen LogP contribution in [0.25, 0.3) is 0 Å². The van der Waals surface area contributed by atoms with E-state index in [1.807, 2.05) is 19.1 Å². The summed E-state index contributed by atoms with van der Waals surface area (Å²) in [6, 6.07) is 0. The van der Waals surface area contributed by atoms with E-state index >= 15 is 0 Å². The average Bonchev–Trinajstić information content (AvgIpc) is 3.19. The van der Waals surface area contributed by atoms with Gasteiger partial charge in [-0.25, -0.2) is 4.57 Å². The number of carbonyl (C=O) groups excluding carboxylic acids is 2. The van der Waals surface area contributed by atoms with Crippen LogP contribution in [0.2, 0.25) is 0 Å². The molecule has 0 amide bonds. The van der Waals surface area contributed by atoms with E-state index in [2.05, 4.69) is 60.1 Å². The molecule has 0 saturated carbocycles. The van der Waals surface area contributed by atoms with Crippen molar-refractivity contribution in [3.63, 3.8) is 0 Å². The van der Waals surface area contributed by atoms with Crippen LogP contribution in [0, 0.1) is 0 Å². The highest BCUT2D eigenvalue weighted by Gasteiger charge is 2.27. The molecule has 56 heavy (non-hydrogen) atoms. The van der Waals surface area contributed by atoms with Crippen molar-refractivity contribution >= 4 is 19.8 Å². The Morgan fingerprint density at radius 2 is 1.05 bits per heavy atom. The van der Waals surface area contributed by atoms with Gasteiger partial charge in [0.15, 0.2) is 6.10 Å². The molecule has 0 aromatic carbocycles. The molecular formula is C44H77O11P. The Morgan fingerprint density at radius 3 is 1.64 bits per heavy atom. The zero-order chi connectivity index (χ0) is 41.4. The minimum Gasteiger partial charge on any atom is -0.462 e. The third-order valence-electron chi connectivity index (χ3n) is 8.81. The van der Waals surface area contributed by atoms with Crippen LogP contribution < -0.4 is 0 Å². The van der Waals surface area contributed by atoms with E-state index in [4.69, 9.17) is 19.1 Å². The highest BCUT2D eigenvalue weighted by atomic mass is 31.2. The monoisotopic (exact) mass is 813 g/mol. The van der Waals surface area contributed by atoms with Crippen LogP contribution >= 0.6 is 7.82 Å². The van der Waals surface area contributed by atoms with Gasteiger partial charge in [-0.1, -0.05) is 126 Å². The number of phosphoric acid groups is 1. The number of carbonyl (C=O) groups is 2. The standard InChI is InChI=1S/C44H77O11P/c1-3-5-6-7-8-9-10-11-12-16-19-22-25-28-31-34-43(48)52-38-42(39-54-56(50,51)53-37-41(47)36-45)55-44(49)35-32-29-26-23-20-17-14-13-15-18-21-24-27-30-33-40(46)4-2/h11-12,14-15,17-18,23-24,26-27,40-42,45-47H,3-10,13,16,19-22,25,28-39H2,1-2H3,(H,50,51)/b12-11-,17-14-,18-15-,26-23-,27-24-. The van der Waals surface area contributed by atoms with Gasteiger partial charge in [0.2, 0.25) is 0 Å². The van der Waals surface area contributed by atoms with E-state index in [-0.39, 0.29) is 25.6 Å². The van der Waals surface area contributed by atoms with Crippen LogP contribution in [0.15, 0.2) is 60.8 Å². The summed E-state index contributed by atoms with van der Waals surface area (Å²) >= 11 is 0. The number of allylic oxidation sites excluding steroid dienone is 10. The maximum absolute atomic E-state index is 12.6. The van der Waals surface area contributed by atoms with Crippen molar-refractivity contribution in [1.29, 1.82) is 0 Å². The van der Waals surface area contributed by atoms with Gasteiger partial charge in [0, 0.05) is 12.8 Å². The van der Waals surface area contributed by atoms with Crippen molar-refractivity contribution < 1.29 is 52.9 Å². The van der Waals surface area contributed by atoms with E-state index < -0.39 is 51.8 Å². The molecule has 4 N–H and O–H groups in total. The Hall–Kier alpha value is -2.37. The SMILES string of the molecule is CCCCCCCC/C=C\CCCCCCCC(=O)OCC(COP(=O)(O)OCC(O)CO)OC(=O)CCC/C=C\C/C=C\C/C=C\C/C=C\CCC(O)CC. The largest absolute Gasteiger partial charge is 0.472 e. The summed E-state index contributed by atoms with van der Waals surface area (Å²) in [7, 11) is -4.64. The van der Waals surface area contributed by atoms with Crippen LogP contribution in [-0.2, 0) is 32.7 Å². The van der Waals surface area contributed by atoms with Gasteiger partial charge in [0.1, 0.15) is 12.7 Å². The van der Waals surface area contributed by atoms with E-state index in [1.54, 1.807) is 0 Å². The third-order valence-corrected chi connectivity index (χ3v) is 9.76. The molecule has 0 radical (unpaired) electrons. The van der Waals surface area contributed by atoms with Crippen molar-refractivity contribution in [2.45, 2.75) is 180 Å². The molecule has 0 bridgehead atoms. The van der Waals surface area contributed by atoms with Crippen molar-refractivity contribution in [2.75, 3.05) is 26.4 Å². The molecule has 0 aromatic heterocycles. The first kappa shape index (κ1) is 53.6. The van der Waals surface area contributed by atoms with Crippen LogP contribution in [0.3, 0.4) is 0 Å². The number of unbranched alkanes of at least 4 members (excludes halogenated alkanes) is 12. The van der Waals surface area contributed by atoms with Gasteiger partial charge in [-0.2, -0.15) is 0 Å². The quantitative estimate of drug-likeness (QED) is 0.0202. The molecular weight excluding hydrogens is 735 g/mol. The predicted octanol–water partition coefficient (Wildman–Crippen LogP) is 10.1. The van der Waals surface area contributed by atoms with E-state index in [0.29, 0.717) is 19.3 Å². The first-order chi connectivity index (χ1) is 27.1. The molecule has 11 nitrogen and oxygen atoms in total. The molecule has 4 unspecified atom stereocenters. The summed E-state index contributed by atoms with van der Waals surface area (Å²) in [5.74, 6) is -1.02. The minimum atomic E-state index is -4.64. The molecule has 324 valence electrons. The van der Waals surface area contributed by atoms with Crippen LogP contribution in [0.4, 0.5) is 0 Å². The summed E-state index contributed by atoms with van der Waals surface area (Å²) in [5.41, 5.74) is 0. The summed E-state index contributed by atoms with van der Waals surface area (Å²) in [6.07, 6.45) is 39.9. The highest BCUT2D eigenvalue weighted by molar-refractivity contribution is 7.47. The van der Waals surface area contributed by atoms with Gasteiger partial charge in [-0.3, -0.25) is 18.6 Å². The van der Waals surface area contributed by atoms with Crippen LogP contribution in [0.1, 0.15) is 162 Å². The Labute approximate surface area is 338 Å². The zero-order valence-electron chi connectivity index (χ0n) is 34.7. The molecule has 0 fully saturated rings. The molecule has 0 rings (SSSR count). The highest BCUT2D eigenvalue weighted by Crippen LogP contribution is 2.43. The lowest BCUT2D eigenvalue weighted by Crippen LogP contribution is -2.29. The van der Waals surface area contributed by atoms with E-state index in [0.717, 1.165) is 77.0 Å². The van der Waals surface area contributed by atoms with Gasteiger partial charge >= 0.3 is 19.8 Å². The smallest absolute Gasteiger partial charge is 0.462 e. The third kappa shape index (κ3) is 38.5. The first-order valence-corrected chi connectivity index (χ1v) is 22.8. The molecule has 4 atom stereocenters. The van der Waals surface area contributed by atoms with Crippen molar-refractivity contribution in [3.8, 4) is 0 Å². The van der Waals surface area contributed by atoms with Gasteiger partial charge in [-0.15, -0.1) is 0 Å². The van der Waals surface area contributed by atoms with Crippen molar-refractivity contribution in [3.05, 3.63) is 60.8 Å². The van der Waals surface area contributed by atoms with Crippen molar-refractivity contribution in [2.24, 2.45) is 0 Å². The zero-order valence-corrected chi connectivity index (χ0v) is 35.6. The number of phosphoric ester groups is 1. The Kier molecular flexibility index (Phi) is 37.8. The number of esters is 2. The summed E-state index contributed by atoms with van der Waals surface area (Å²) in [6.45, 7) is 2.00. The Morgan fingerprint density at radius 1 is 0.571 bits per heavy atom. The molecule has 0 heterocycles. The molecule has 12 heteroatoms. The molecule has 0 aliphatic heterocycles. The second-order valence-electron chi connectivity index (χ2n) is 14.2. The number of aliphatic hydroxyl groups is 3. The van der Waals surface area contributed by atoms with Crippen LogP contribution in [-0.4, -0.2) is 76.9 Å². The van der Waals surface area contributed by atoms with Crippen molar-refractivity contribution in [1.82, 2.24) is 0 Å². The normalized spacial score (nSPS) is 15.0. The van der Waals surface area contributed by atoms with Gasteiger partial charge in [-0.05, 0) is 83.5 Å². The number of ether oxygens (including phenoxy) is 2.